The van der Waals surface area contributed by atoms with Gasteiger partial charge in [0.1, 0.15) is 17.2 Å². The van der Waals surface area contributed by atoms with Crippen LogP contribution in [-0.4, -0.2) is 15.0 Å². The first-order valence-electron chi connectivity index (χ1n) is 9.71. The molecule has 0 aliphatic rings. The molecular weight excluding hydrogens is 363 g/mol. The molecule has 0 aliphatic heterocycles. The van der Waals surface area contributed by atoms with Crippen molar-refractivity contribution < 1.29 is 4.39 Å². The first-order valence-corrected chi connectivity index (χ1v) is 9.71. The van der Waals surface area contributed by atoms with Crippen molar-refractivity contribution in [2.75, 3.05) is 0 Å². The molecule has 4 nitrogen and oxygen atoms in total. The van der Waals surface area contributed by atoms with Crippen molar-refractivity contribution in [2.45, 2.75) is 26.1 Å². The fourth-order valence-electron chi connectivity index (χ4n) is 3.25. The van der Waals surface area contributed by atoms with Crippen LogP contribution in [0, 0.1) is 5.82 Å². The number of benzene rings is 3. The van der Waals surface area contributed by atoms with Gasteiger partial charge in [-0.15, -0.1) is 0 Å². The Morgan fingerprint density at radius 3 is 2.21 bits per heavy atom. The highest BCUT2D eigenvalue weighted by molar-refractivity contribution is 5.60. The third kappa shape index (κ3) is 4.76. The fraction of sp³-hybridized carbons (Fsp3) is 0.167. The van der Waals surface area contributed by atoms with Crippen molar-refractivity contribution in [1.29, 1.82) is 0 Å². The second-order valence-electron chi connectivity index (χ2n) is 7.03. The summed E-state index contributed by atoms with van der Waals surface area (Å²) in [6.45, 7) is 3.23. The molecule has 0 saturated carbocycles. The van der Waals surface area contributed by atoms with Gasteiger partial charge in [0.2, 0.25) is 0 Å². The molecule has 0 saturated heterocycles. The molecule has 4 rings (SSSR count). The SMILES string of the molecule is C[C@H](NCc1nn(Cc2ccc(F)cc2)nc1-c1ccccc1)c1ccccc1. The van der Waals surface area contributed by atoms with E-state index in [1.54, 1.807) is 16.9 Å². The zero-order valence-corrected chi connectivity index (χ0v) is 16.3. The minimum Gasteiger partial charge on any atom is -0.304 e. The summed E-state index contributed by atoms with van der Waals surface area (Å²) in [5.74, 6) is -0.244. The van der Waals surface area contributed by atoms with Gasteiger partial charge in [0.15, 0.2) is 0 Å². The molecule has 0 radical (unpaired) electrons. The van der Waals surface area contributed by atoms with Crippen molar-refractivity contribution in [3.05, 3.63) is 108 Å². The molecule has 0 amide bonds. The van der Waals surface area contributed by atoms with Gasteiger partial charge in [-0.05, 0) is 30.2 Å². The van der Waals surface area contributed by atoms with Gasteiger partial charge in [0.05, 0.1) is 6.54 Å². The van der Waals surface area contributed by atoms with E-state index in [4.69, 9.17) is 10.2 Å². The minimum atomic E-state index is -0.244. The third-order valence-electron chi connectivity index (χ3n) is 4.88. The maximum absolute atomic E-state index is 13.2. The number of aromatic nitrogens is 3. The fourth-order valence-corrected chi connectivity index (χ4v) is 3.25. The van der Waals surface area contributed by atoms with Crippen LogP contribution < -0.4 is 5.32 Å². The topological polar surface area (TPSA) is 42.7 Å². The molecule has 0 bridgehead atoms. The predicted molar refractivity (Wildman–Crippen MR) is 113 cm³/mol. The first kappa shape index (κ1) is 19.0. The van der Waals surface area contributed by atoms with Crippen molar-refractivity contribution in [3.8, 4) is 11.3 Å². The Balaban J connectivity index is 1.57. The number of hydrogen-bond acceptors (Lipinski definition) is 3. The van der Waals surface area contributed by atoms with Gasteiger partial charge in [-0.2, -0.15) is 15.0 Å². The highest BCUT2D eigenvalue weighted by Crippen LogP contribution is 2.21. The molecule has 1 N–H and O–H groups in total. The summed E-state index contributed by atoms with van der Waals surface area (Å²) in [5, 5.41) is 13.0. The summed E-state index contributed by atoms with van der Waals surface area (Å²) in [7, 11) is 0. The van der Waals surface area contributed by atoms with E-state index in [9.17, 15) is 4.39 Å². The van der Waals surface area contributed by atoms with Crippen LogP contribution in [0.2, 0.25) is 0 Å². The molecule has 5 heteroatoms. The molecule has 3 aromatic carbocycles. The number of nitrogens with one attached hydrogen (secondary N) is 1. The lowest BCUT2D eigenvalue weighted by atomic mass is 10.1. The quantitative estimate of drug-likeness (QED) is 0.487. The van der Waals surface area contributed by atoms with Crippen molar-refractivity contribution >= 4 is 0 Å². The normalized spacial score (nSPS) is 12.1. The molecular formula is C24H23FN4. The molecule has 1 aromatic heterocycles. The molecule has 1 heterocycles. The van der Waals surface area contributed by atoms with Crippen LogP contribution in [0.3, 0.4) is 0 Å². The van der Waals surface area contributed by atoms with Gasteiger partial charge in [-0.1, -0.05) is 72.8 Å². The smallest absolute Gasteiger partial charge is 0.123 e. The van der Waals surface area contributed by atoms with Gasteiger partial charge in [-0.3, -0.25) is 0 Å². The Hall–Kier alpha value is -3.31. The Morgan fingerprint density at radius 1 is 0.862 bits per heavy atom. The maximum atomic E-state index is 13.2. The van der Waals surface area contributed by atoms with Crippen LogP contribution in [0.25, 0.3) is 11.3 Å². The van der Waals surface area contributed by atoms with E-state index in [1.165, 1.54) is 17.7 Å². The molecule has 0 spiro atoms. The lowest BCUT2D eigenvalue weighted by Crippen LogP contribution is -2.19. The molecule has 4 aromatic rings. The Bertz CT molecular complexity index is 1040. The number of rotatable bonds is 7. The first-order chi connectivity index (χ1) is 14.2. The summed E-state index contributed by atoms with van der Waals surface area (Å²) >= 11 is 0. The molecule has 1 atom stereocenters. The standard InChI is InChI=1S/C24H23FN4/c1-18(20-8-4-2-5-9-20)26-16-23-24(21-10-6-3-7-11-21)28-29(27-23)17-19-12-14-22(25)15-13-19/h2-15,18,26H,16-17H2,1H3/t18-/m0/s1. The third-order valence-corrected chi connectivity index (χ3v) is 4.88. The number of nitrogens with zero attached hydrogens (tertiary/aromatic N) is 3. The number of hydrogen-bond donors (Lipinski definition) is 1. The van der Waals surface area contributed by atoms with Crippen LogP contribution in [0.15, 0.2) is 84.9 Å². The van der Waals surface area contributed by atoms with Gasteiger partial charge in [0.25, 0.3) is 0 Å². The zero-order valence-electron chi connectivity index (χ0n) is 16.3. The van der Waals surface area contributed by atoms with E-state index in [0.717, 1.165) is 22.5 Å². The highest BCUT2D eigenvalue weighted by atomic mass is 19.1. The van der Waals surface area contributed by atoms with Gasteiger partial charge >= 0.3 is 0 Å². The second kappa shape index (κ2) is 8.80. The van der Waals surface area contributed by atoms with Crippen LogP contribution in [0.5, 0.6) is 0 Å². The van der Waals surface area contributed by atoms with Crippen molar-refractivity contribution in [1.82, 2.24) is 20.3 Å². The molecule has 0 unspecified atom stereocenters. The van der Waals surface area contributed by atoms with Crippen LogP contribution >= 0.6 is 0 Å². The predicted octanol–water partition coefficient (Wildman–Crippen LogP) is 4.98. The van der Waals surface area contributed by atoms with Gasteiger partial charge < -0.3 is 5.32 Å². The highest BCUT2D eigenvalue weighted by Gasteiger charge is 2.15. The van der Waals surface area contributed by atoms with Gasteiger partial charge in [0, 0.05) is 18.2 Å². The Morgan fingerprint density at radius 2 is 1.52 bits per heavy atom. The van der Waals surface area contributed by atoms with Crippen molar-refractivity contribution in [3.63, 3.8) is 0 Å². The van der Waals surface area contributed by atoms with Crippen LogP contribution in [0.4, 0.5) is 4.39 Å². The lowest BCUT2D eigenvalue weighted by molar-refractivity contribution is 0.546. The van der Waals surface area contributed by atoms with E-state index < -0.39 is 0 Å². The summed E-state index contributed by atoms with van der Waals surface area (Å²) < 4.78 is 13.2. The van der Waals surface area contributed by atoms with Crippen LogP contribution in [-0.2, 0) is 13.1 Å². The molecule has 146 valence electrons. The van der Waals surface area contributed by atoms with Crippen LogP contribution in [0.1, 0.15) is 29.8 Å². The molecule has 0 fully saturated rings. The largest absolute Gasteiger partial charge is 0.304 e. The van der Waals surface area contributed by atoms with E-state index in [1.807, 2.05) is 48.5 Å². The zero-order chi connectivity index (χ0) is 20.1. The summed E-state index contributed by atoms with van der Waals surface area (Å²) in [6, 6.07) is 27.0. The summed E-state index contributed by atoms with van der Waals surface area (Å²) in [4.78, 5) is 1.68. The monoisotopic (exact) mass is 386 g/mol. The summed E-state index contributed by atoms with van der Waals surface area (Å²) in [6.07, 6.45) is 0. The van der Waals surface area contributed by atoms with E-state index >= 15 is 0 Å². The average molecular weight is 386 g/mol. The van der Waals surface area contributed by atoms with Gasteiger partial charge in [-0.25, -0.2) is 4.39 Å². The van der Waals surface area contributed by atoms with Crippen molar-refractivity contribution in [2.24, 2.45) is 0 Å². The van der Waals surface area contributed by atoms with E-state index in [2.05, 4.69) is 24.4 Å². The van der Waals surface area contributed by atoms with E-state index in [0.29, 0.717) is 13.1 Å². The molecule has 0 aliphatic carbocycles. The maximum Gasteiger partial charge on any atom is 0.123 e. The summed E-state index contributed by atoms with van der Waals surface area (Å²) in [5.41, 5.74) is 4.97. The Labute approximate surface area is 170 Å². The van der Waals surface area contributed by atoms with E-state index in [-0.39, 0.29) is 11.9 Å². The second-order valence-corrected chi connectivity index (χ2v) is 7.03. The average Bonchev–Trinajstić information content (AvgIpc) is 3.17. The lowest BCUT2D eigenvalue weighted by Gasteiger charge is -2.13. The molecule has 29 heavy (non-hydrogen) atoms. The number of halogens is 1. The minimum absolute atomic E-state index is 0.196. The Kier molecular flexibility index (Phi) is 5.77.